The molecular weight excluding hydrogens is 477 g/mol. The number of carbonyl (C=O) groups excluding carboxylic acids is 1. The molecular formula is C24H27F3N6O3. The number of aromatic nitrogens is 2. The van der Waals surface area contributed by atoms with Crippen LogP contribution in [0.5, 0.6) is 0 Å². The Kier molecular flexibility index (Phi) is 8.39. The molecule has 4 rings (SSSR count). The highest BCUT2D eigenvalue weighted by Gasteiger charge is 2.27. The summed E-state index contributed by atoms with van der Waals surface area (Å²) in [6.07, 6.45) is 1.56. The molecule has 0 spiro atoms. The number of morpholine rings is 1. The van der Waals surface area contributed by atoms with Crippen LogP contribution in [0.4, 0.5) is 23.7 Å². The average Bonchev–Trinajstić information content (AvgIpc) is 3.29. The van der Waals surface area contributed by atoms with Gasteiger partial charge < -0.3 is 20.2 Å². The van der Waals surface area contributed by atoms with Crippen molar-refractivity contribution < 1.29 is 27.5 Å². The van der Waals surface area contributed by atoms with E-state index in [4.69, 9.17) is 9.57 Å². The molecule has 3 aromatic rings. The van der Waals surface area contributed by atoms with E-state index in [2.05, 4.69) is 20.4 Å². The van der Waals surface area contributed by atoms with Crippen LogP contribution in [-0.4, -0.2) is 78.7 Å². The smallest absolute Gasteiger partial charge is 0.396 e. The zero-order chi connectivity index (χ0) is 25.4. The van der Waals surface area contributed by atoms with E-state index >= 15 is 0 Å². The lowest BCUT2D eigenvalue weighted by atomic mass is 10.1. The fourth-order valence-electron chi connectivity index (χ4n) is 3.73. The summed E-state index contributed by atoms with van der Waals surface area (Å²) < 4.78 is 44.1. The Labute approximate surface area is 205 Å². The molecule has 2 amide bonds. The number of benzene rings is 1. The Morgan fingerprint density at radius 2 is 2.06 bits per heavy atom. The number of hydrogen-bond donors (Lipinski definition) is 2. The summed E-state index contributed by atoms with van der Waals surface area (Å²) in [6, 6.07) is 9.57. The summed E-state index contributed by atoms with van der Waals surface area (Å²) in [5.41, 5.74) is 3.36. The molecule has 1 fully saturated rings. The minimum absolute atomic E-state index is 0.358. The molecule has 2 N–H and O–H groups in total. The third kappa shape index (κ3) is 7.43. The van der Waals surface area contributed by atoms with Crippen molar-refractivity contribution in [2.75, 3.05) is 51.3 Å². The standard InChI is InChI=1S/C24H27F3N6O3/c25-24(26,27)17-29-23(34)31-20-4-1-3-19(14-20)21-16-28-22-13-18(5-7-33(21)22)15-30-36-10-2-6-32-8-11-35-12-9-32/h1,3-5,7,13-16H,2,6,8-12,17H2,(H2,29,31,34)/b30-15+. The summed E-state index contributed by atoms with van der Waals surface area (Å²) >= 11 is 0. The van der Waals surface area contributed by atoms with E-state index in [1.165, 1.54) is 0 Å². The number of hydrogen-bond acceptors (Lipinski definition) is 6. The molecule has 9 nitrogen and oxygen atoms in total. The maximum atomic E-state index is 12.3. The van der Waals surface area contributed by atoms with Crippen LogP contribution >= 0.6 is 0 Å². The topological polar surface area (TPSA) is 92.5 Å². The second kappa shape index (κ2) is 11.9. The van der Waals surface area contributed by atoms with Crippen molar-refractivity contribution in [2.24, 2.45) is 5.16 Å². The normalized spacial score (nSPS) is 14.9. The van der Waals surface area contributed by atoms with Gasteiger partial charge in [0.1, 0.15) is 18.8 Å². The van der Waals surface area contributed by atoms with Gasteiger partial charge in [-0.2, -0.15) is 13.2 Å². The van der Waals surface area contributed by atoms with Crippen LogP contribution in [-0.2, 0) is 9.57 Å². The number of carbonyl (C=O) groups is 1. The zero-order valence-corrected chi connectivity index (χ0v) is 19.5. The highest BCUT2D eigenvalue weighted by molar-refractivity contribution is 5.90. The van der Waals surface area contributed by atoms with Crippen LogP contribution in [0.25, 0.3) is 16.9 Å². The minimum atomic E-state index is -4.48. The Bertz CT molecular complexity index is 1190. The first-order valence-corrected chi connectivity index (χ1v) is 11.5. The van der Waals surface area contributed by atoms with E-state index < -0.39 is 18.8 Å². The number of ether oxygens (including phenoxy) is 1. The molecule has 192 valence electrons. The number of alkyl halides is 3. The Balaban J connectivity index is 1.32. The van der Waals surface area contributed by atoms with Gasteiger partial charge in [-0.15, -0.1) is 0 Å². The van der Waals surface area contributed by atoms with Gasteiger partial charge in [0.05, 0.1) is 31.3 Å². The predicted octanol–water partition coefficient (Wildman–Crippen LogP) is 3.76. The average molecular weight is 505 g/mol. The highest BCUT2D eigenvalue weighted by Crippen LogP contribution is 2.24. The molecule has 0 unspecified atom stereocenters. The quantitative estimate of drug-likeness (QED) is 0.263. The van der Waals surface area contributed by atoms with E-state index in [0.29, 0.717) is 17.9 Å². The summed E-state index contributed by atoms with van der Waals surface area (Å²) in [5, 5.41) is 8.24. The first-order chi connectivity index (χ1) is 17.4. The van der Waals surface area contributed by atoms with Gasteiger partial charge in [0.2, 0.25) is 0 Å². The van der Waals surface area contributed by atoms with Crippen molar-refractivity contribution in [3.63, 3.8) is 0 Å². The summed E-state index contributed by atoms with van der Waals surface area (Å²) in [5.74, 6) is 0. The first kappa shape index (κ1) is 25.5. The van der Waals surface area contributed by atoms with Crippen molar-refractivity contribution >= 4 is 23.6 Å². The summed E-state index contributed by atoms with van der Waals surface area (Å²) in [4.78, 5) is 23.9. The molecule has 12 heteroatoms. The summed E-state index contributed by atoms with van der Waals surface area (Å²) in [7, 11) is 0. The number of rotatable bonds is 9. The molecule has 36 heavy (non-hydrogen) atoms. The Morgan fingerprint density at radius 3 is 2.86 bits per heavy atom. The third-order valence-corrected chi connectivity index (χ3v) is 5.49. The van der Waals surface area contributed by atoms with Gasteiger partial charge in [0, 0.05) is 42.6 Å². The molecule has 0 bridgehead atoms. The number of nitrogens with zero attached hydrogens (tertiary/aromatic N) is 4. The third-order valence-electron chi connectivity index (χ3n) is 5.49. The molecule has 0 atom stereocenters. The van der Waals surface area contributed by atoms with Gasteiger partial charge in [-0.1, -0.05) is 17.3 Å². The van der Waals surface area contributed by atoms with E-state index in [1.54, 1.807) is 35.9 Å². The maximum Gasteiger partial charge on any atom is 0.405 e. The van der Waals surface area contributed by atoms with Crippen LogP contribution in [0.15, 0.2) is 53.9 Å². The molecule has 0 saturated carbocycles. The highest BCUT2D eigenvalue weighted by atomic mass is 19.4. The maximum absolute atomic E-state index is 12.3. The van der Waals surface area contributed by atoms with Gasteiger partial charge >= 0.3 is 12.2 Å². The molecule has 2 aromatic heterocycles. The van der Waals surface area contributed by atoms with Crippen LogP contribution in [0.2, 0.25) is 0 Å². The number of nitrogens with one attached hydrogen (secondary N) is 2. The lowest BCUT2D eigenvalue weighted by Gasteiger charge is -2.26. The number of fused-ring (bicyclic) bond motifs is 1. The van der Waals surface area contributed by atoms with Gasteiger partial charge in [0.15, 0.2) is 0 Å². The first-order valence-electron chi connectivity index (χ1n) is 11.5. The lowest BCUT2D eigenvalue weighted by molar-refractivity contribution is -0.122. The van der Waals surface area contributed by atoms with Crippen LogP contribution in [0.1, 0.15) is 12.0 Å². The number of anilines is 1. The van der Waals surface area contributed by atoms with Crippen molar-refractivity contribution in [1.82, 2.24) is 19.6 Å². The fourth-order valence-corrected chi connectivity index (χ4v) is 3.73. The van der Waals surface area contributed by atoms with Crippen molar-refractivity contribution in [1.29, 1.82) is 0 Å². The fraction of sp³-hybridized carbons (Fsp3) is 0.375. The number of oxime groups is 1. The molecule has 1 aliphatic rings. The van der Waals surface area contributed by atoms with Crippen molar-refractivity contribution in [2.45, 2.75) is 12.6 Å². The van der Waals surface area contributed by atoms with Gasteiger partial charge in [-0.05, 0) is 30.7 Å². The Hall–Kier alpha value is -3.64. The van der Waals surface area contributed by atoms with Crippen LogP contribution in [0, 0.1) is 0 Å². The van der Waals surface area contributed by atoms with Gasteiger partial charge in [0.25, 0.3) is 0 Å². The van der Waals surface area contributed by atoms with Crippen LogP contribution in [0.3, 0.4) is 0 Å². The number of pyridine rings is 1. The van der Waals surface area contributed by atoms with E-state index in [1.807, 2.05) is 28.8 Å². The van der Waals surface area contributed by atoms with Crippen LogP contribution < -0.4 is 10.6 Å². The molecule has 1 saturated heterocycles. The largest absolute Gasteiger partial charge is 0.405 e. The molecule has 0 radical (unpaired) electrons. The number of amides is 2. The second-order valence-electron chi connectivity index (χ2n) is 8.21. The number of halogens is 3. The van der Waals surface area contributed by atoms with E-state index in [0.717, 1.165) is 56.1 Å². The molecule has 1 aliphatic heterocycles. The molecule has 3 heterocycles. The van der Waals surface area contributed by atoms with E-state index in [-0.39, 0.29) is 0 Å². The Morgan fingerprint density at radius 1 is 1.22 bits per heavy atom. The zero-order valence-electron chi connectivity index (χ0n) is 19.5. The van der Waals surface area contributed by atoms with Crippen molar-refractivity contribution in [3.8, 4) is 11.3 Å². The van der Waals surface area contributed by atoms with Crippen molar-refractivity contribution in [3.05, 3.63) is 54.4 Å². The number of imidazole rings is 1. The lowest BCUT2D eigenvalue weighted by Crippen LogP contribution is -2.37. The van der Waals surface area contributed by atoms with Gasteiger partial charge in [-0.3, -0.25) is 9.30 Å². The SMILES string of the molecule is O=C(NCC(F)(F)F)Nc1cccc(-c2cnc3cc(/C=N/OCCCN4CCOCC4)ccn23)c1. The monoisotopic (exact) mass is 504 g/mol. The molecule has 1 aromatic carbocycles. The minimum Gasteiger partial charge on any atom is -0.396 e. The van der Waals surface area contributed by atoms with Gasteiger partial charge in [-0.25, -0.2) is 9.78 Å². The summed E-state index contributed by atoms with van der Waals surface area (Å²) in [6.45, 7) is 3.54. The second-order valence-corrected chi connectivity index (χ2v) is 8.21. The van der Waals surface area contributed by atoms with E-state index in [9.17, 15) is 18.0 Å². The molecule has 0 aliphatic carbocycles. The number of urea groups is 1. The predicted molar refractivity (Wildman–Crippen MR) is 129 cm³/mol.